The molecule has 152 valence electrons. The maximum Gasteiger partial charge on any atom is 0.235 e. The van der Waals surface area contributed by atoms with Gasteiger partial charge in [0.1, 0.15) is 0 Å². The Morgan fingerprint density at radius 3 is 2.29 bits per heavy atom. The number of benzene rings is 1. The van der Waals surface area contributed by atoms with Crippen molar-refractivity contribution in [2.75, 3.05) is 44.2 Å². The molecular weight excluding hydrogens is 354 g/mol. The second-order valence-corrected chi connectivity index (χ2v) is 8.60. The van der Waals surface area contributed by atoms with Crippen molar-refractivity contribution >= 4 is 17.5 Å². The largest absolute Gasteiger partial charge is 0.390 e. The van der Waals surface area contributed by atoms with Crippen LogP contribution in [-0.2, 0) is 9.59 Å². The Labute approximate surface area is 167 Å². The number of imide groups is 1. The summed E-state index contributed by atoms with van der Waals surface area (Å²) in [4.78, 5) is 31.3. The van der Waals surface area contributed by atoms with Crippen LogP contribution in [0.4, 0.5) is 5.69 Å². The van der Waals surface area contributed by atoms with E-state index in [9.17, 15) is 14.7 Å². The summed E-state index contributed by atoms with van der Waals surface area (Å²) in [7, 11) is 0. The Balaban J connectivity index is 1.27. The third kappa shape index (κ3) is 3.94. The van der Waals surface area contributed by atoms with Gasteiger partial charge in [-0.05, 0) is 25.0 Å². The first-order chi connectivity index (χ1) is 13.6. The molecule has 1 aliphatic carbocycles. The Bertz CT molecular complexity index is 694. The van der Waals surface area contributed by atoms with Crippen molar-refractivity contribution in [2.45, 2.75) is 44.6 Å². The Kier molecular flexibility index (Phi) is 5.69. The molecule has 1 spiro atoms. The lowest BCUT2D eigenvalue weighted by Gasteiger charge is -2.37. The van der Waals surface area contributed by atoms with Gasteiger partial charge in [-0.2, -0.15) is 0 Å². The molecule has 0 bridgehead atoms. The van der Waals surface area contributed by atoms with Gasteiger partial charge in [-0.3, -0.25) is 19.4 Å². The molecule has 6 heteroatoms. The Morgan fingerprint density at radius 1 is 0.929 bits per heavy atom. The van der Waals surface area contributed by atoms with E-state index in [1.165, 1.54) is 10.6 Å². The number of amides is 2. The highest BCUT2D eigenvalue weighted by Gasteiger charge is 2.51. The molecule has 2 saturated heterocycles. The molecule has 1 aromatic rings. The average Bonchev–Trinajstić information content (AvgIpc) is 2.93. The number of anilines is 1. The fourth-order valence-electron chi connectivity index (χ4n) is 5.06. The Hall–Kier alpha value is -1.92. The molecule has 28 heavy (non-hydrogen) atoms. The fraction of sp³-hybridized carbons (Fsp3) is 0.636. The summed E-state index contributed by atoms with van der Waals surface area (Å²) < 4.78 is 0. The minimum Gasteiger partial charge on any atom is -0.390 e. The van der Waals surface area contributed by atoms with Gasteiger partial charge in [0.15, 0.2) is 0 Å². The second kappa shape index (κ2) is 8.21. The van der Waals surface area contributed by atoms with Gasteiger partial charge in [-0.25, -0.2) is 0 Å². The molecule has 1 unspecified atom stereocenters. The van der Waals surface area contributed by atoms with Crippen LogP contribution in [-0.4, -0.2) is 72.1 Å². The number of para-hydroxylation sites is 1. The van der Waals surface area contributed by atoms with E-state index in [2.05, 4.69) is 34.1 Å². The zero-order valence-electron chi connectivity index (χ0n) is 16.6. The molecule has 3 aliphatic rings. The van der Waals surface area contributed by atoms with Gasteiger partial charge < -0.3 is 10.0 Å². The second-order valence-electron chi connectivity index (χ2n) is 8.60. The van der Waals surface area contributed by atoms with Crippen LogP contribution < -0.4 is 4.90 Å². The maximum atomic E-state index is 12.9. The molecular formula is C22H31N3O3. The SMILES string of the molecule is O=C1CC2(CCCCC2)C(=O)N1CC(O)CN1CCN(c2ccccc2)CC1. The van der Waals surface area contributed by atoms with E-state index in [4.69, 9.17) is 0 Å². The van der Waals surface area contributed by atoms with Crippen LogP contribution in [0.25, 0.3) is 0 Å². The van der Waals surface area contributed by atoms with E-state index in [0.29, 0.717) is 13.0 Å². The number of rotatable bonds is 5. The normalized spacial score (nSPS) is 24.2. The van der Waals surface area contributed by atoms with Crippen LogP contribution in [0.15, 0.2) is 30.3 Å². The Morgan fingerprint density at radius 2 is 1.61 bits per heavy atom. The number of aliphatic hydroxyl groups is 1. The monoisotopic (exact) mass is 385 g/mol. The van der Waals surface area contributed by atoms with E-state index >= 15 is 0 Å². The van der Waals surface area contributed by atoms with E-state index in [1.54, 1.807) is 0 Å². The average molecular weight is 386 g/mol. The highest BCUT2D eigenvalue weighted by atomic mass is 16.3. The minimum absolute atomic E-state index is 0.0369. The van der Waals surface area contributed by atoms with Gasteiger partial charge in [0, 0.05) is 44.8 Å². The zero-order valence-corrected chi connectivity index (χ0v) is 16.6. The number of carbonyl (C=O) groups excluding carboxylic acids is 2. The molecule has 3 fully saturated rings. The van der Waals surface area contributed by atoms with Crippen molar-refractivity contribution in [3.05, 3.63) is 30.3 Å². The molecule has 2 heterocycles. The van der Waals surface area contributed by atoms with Crippen LogP contribution in [0.1, 0.15) is 38.5 Å². The van der Waals surface area contributed by atoms with Crippen molar-refractivity contribution in [1.82, 2.24) is 9.80 Å². The summed E-state index contributed by atoms with van der Waals surface area (Å²) in [5.41, 5.74) is 0.768. The maximum absolute atomic E-state index is 12.9. The van der Waals surface area contributed by atoms with Crippen LogP contribution in [0.2, 0.25) is 0 Å². The summed E-state index contributed by atoms with van der Waals surface area (Å²) >= 11 is 0. The first-order valence-electron chi connectivity index (χ1n) is 10.6. The number of carbonyl (C=O) groups is 2. The smallest absolute Gasteiger partial charge is 0.235 e. The number of piperazine rings is 1. The highest BCUT2D eigenvalue weighted by molar-refractivity contribution is 6.06. The van der Waals surface area contributed by atoms with E-state index in [-0.39, 0.29) is 18.4 Å². The number of aliphatic hydroxyl groups excluding tert-OH is 1. The molecule has 1 saturated carbocycles. The molecule has 1 atom stereocenters. The third-order valence-corrected chi connectivity index (χ3v) is 6.66. The van der Waals surface area contributed by atoms with Crippen molar-refractivity contribution in [1.29, 1.82) is 0 Å². The van der Waals surface area contributed by atoms with Crippen molar-refractivity contribution < 1.29 is 14.7 Å². The molecule has 0 aromatic heterocycles. The van der Waals surface area contributed by atoms with E-state index < -0.39 is 11.5 Å². The summed E-state index contributed by atoms with van der Waals surface area (Å²) in [6.07, 6.45) is 4.52. The number of hydrogen-bond donors (Lipinski definition) is 1. The quantitative estimate of drug-likeness (QED) is 0.784. The van der Waals surface area contributed by atoms with Crippen LogP contribution in [0.3, 0.4) is 0 Å². The first kappa shape index (κ1) is 19.4. The van der Waals surface area contributed by atoms with Gasteiger partial charge >= 0.3 is 0 Å². The third-order valence-electron chi connectivity index (χ3n) is 6.66. The highest BCUT2D eigenvalue weighted by Crippen LogP contribution is 2.45. The summed E-state index contributed by atoms with van der Waals surface area (Å²) in [6, 6.07) is 10.4. The number of hydrogen-bond acceptors (Lipinski definition) is 5. The molecule has 1 N–H and O–H groups in total. The van der Waals surface area contributed by atoms with Gasteiger partial charge in [0.05, 0.1) is 18.1 Å². The van der Waals surface area contributed by atoms with Crippen molar-refractivity contribution in [3.8, 4) is 0 Å². The van der Waals surface area contributed by atoms with Crippen molar-refractivity contribution in [2.24, 2.45) is 5.41 Å². The van der Waals surface area contributed by atoms with E-state index in [0.717, 1.165) is 58.3 Å². The lowest BCUT2D eigenvalue weighted by Crippen LogP contribution is -2.50. The lowest BCUT2D eigenvalue weighted by molar-refractivity contribution is -0.144. The molecule has 1 aromatic carbocycles. The van der Waals surface area contributed by atoms with E-state index in [1.807, 2.05) is 6.07 Å². The number of β-amino-alcohol motifs (C(OH)–C–C–N with tert-alkyl or cyclic N) is 1. The minimum atomic E-state index is -0.685. The predicted octanol–water partition coefficient (Wildman–Crippen LogP) is 1.88. The van der Waals surface area contributed by atoms with Gasteiger partial charge in [-0.1, -0.05) is 37.5 Å². The number of nitrogens with zero attached hydrogens (tertiary/aromatic N) is 3. The van der Waals surface area contributed by atoms with Crippen LogP contribution >= 0.6 is 0 Å². The molecule has 4 rings (SSSR count). The standard InChI is InChI=1S/C22H31N3O3/c26-19(16-23-11-13-24(14-12-23)18-7-3-1-4-8-18)17-25-20(27)15-22(21(25)28)9-5-2-6-10-22/h1,3-4,7-8,19,26H,2,5-6,9-17H2. The van der Waals surface area contributed by atoms with Crippen LogP contribution in [0.5, 0.6) is 0 Å². The predicted molar refractivity (Wildman–Crippen MR) is 108 cm³/mol. The zero-order chi connectivity index (χ0) is 19.6. The lowest BCUT2D eigenvalue weighted by atomic mass is 9.73. The number of likely N-dealkylation sites (tertiary alicyclic amines) is 1. The molecule has 2 amide bonds. The van der Waals surface area contributed by atoms with Gasteiger partial charge in [-0.15, -0.1) is 0 Å². The van der Waals surface area contributed by atoms with Gasteiger partial charge in [0.2, 0.25) is 11.8 Å². The summed E-state index contributed by atoms with van der Waals surface area (Å²) in [5.74, 6) is -0.134. The topological polar surface area (TPSA) is 64.1 Å². The summed E-state index contributed by atoms with van der Waals surface area (Å²) in [5, 5.41) is 10.6. The molecule has 0 radical (unpaired) electrons. The van der Waals surface area contributed by atoms with Gasteiger partial charge in [0.25, 0.3) is 0 Å². The van der Waals surface area contributed by atoms with Crippen LogP contribution in [0, 0.1) is 5.41 Å². The molecule has 6 nitrogen and oxygen atoms in total. The summed E-state index contributed by atoms with van der Waals surface area (Å²) in [6.45, 7) is 4.23. The molecule has 2 aliphatic heterocycles. The first-order valence-corrected chi connectivity index (χ1v) is 10.6. The fourth-order valence-corrected chi connectivity index (χ4v) is 5.06. The van der Waals surface area contributed by atoms with Crippen molar-refractivity contribution in [3.63, 3.8) is 0 Å².